The minimum atomic E-state index is -3.34. The number of carbonyl (C=O) groups excluding carboxylic acids is 1. The van der Waals surface area contributed by atoms with Gasteiger partial charge in [0.05, 0.1) is 15.3 Å². The summed E-state index contributed by atoms with van der Waals surface area (Å²) < 4.78 is 38.7. The zero-order valence-corrected chi connectivity index (χ0v) is 18.1. The third-order valence-electron chi connectivity index (χ3n) is 4.45. The molecule has 0 fully saturated rings. The molecule has 154 valence electrons. The molecular formula is C20H22FN3O3S2. The molecule has 29 heavy (non-hydrogen) atoms. The van der Waals surface area contributed by atoms with Gasteiger partial charge < -0.3 is 4.90 Å². The summed E-state index contributed by atoms with van der Waals surface area (Å²) in [7, 11) is 0.448. The van der Waals surface area contributed by atoms with Crippen LogP contribution in [-0.2, 0) is 9.84 Å². The molecule has 3 rings (SSSR count). The normalized spacial score (nSPS) is 11.9. The Morgan fingerprint density at radius 2 is 1.79 bits per heavy atom. The number of para-hydroxylation sites is 1. The van der Waals surface area contributed by atoms with E-state index in [1.807, 2.05) is 19.0 Å². The predicted molar refractivity (Wildman–Crippen MR) is 114 cm³/mol. The SMILES string of the molecule is CCS(=O)(=O)c1ccc(C(=O)N(CCN(C)C)c2nc3c(F)cccc3s2)cc1. The Morgan fingerprint density at radius 1 is 1.10 bits per heavy atom. The molecule has 0 aliphatic rings. The van der Waals surface area contributed by atoms with Crippen LogP contribution >= 0.6 is 11.3 Å². The fraction of sp³-hybridized carbons (Fsp3) is 0.300. The van der Waals surface area contributed by atoms with Gasteiger partial charge in [-0.3, -0.25) is 9.69 Å². The summed E-state index contributed by atoms with van der Waals surface area (Å²) in [5.74, 6) is -0.752. The zero-order valence-electron chi connectivity index (χ0n) is 16.4. The van der Waals surface area contributed by atoms with E-state index < -0.39 is 15.7 Å². The van der Waals surface area contributed by atoms with Gasteiger partial charge >= 0.3 is 0 Å². The maximum atomic E-state index is 14.1. The summed E-state index contributed by atoms with van der Waals surface area (Å²) in [5.41, 5.74) is 0.582. The van der Waals surface area contributed by atoms with Crippen LogP contribution in [0.3, 0.4) is 0 Å². The van der Waals surface area contributed by atoms with Crippen LogP contribution in [0, 0.1) is 5.82 Å². The van der Waals surface area contributed by atoms with E-state index >= 15 is 0 Å². The topological polar surface area (TPSA) is 70.6 Å². The number of benzene rings is 2. The first kappa shape index (κ1) is 21.4. The molecule has 1 heterocycles. The number of amides is 1. The molecule has 0 saturated carbocycles. The number of carbonyl (C=O) groups is 1. The van der Waals surface area contributed by atoms with E-state index in [4.69, 9.17) is 0 Å². The van der Waals surface area contributed by atoms with Crippen molar-refractivity contribution in [2.75, 3.05) is 37.8 Å². The highest BCUT2D eigenvalue weighted by atomic mass is 32.2. The summed E-state index contributed by atoms with van der Waals surface area (Å²) in [6.45, 7) is 2.53. The first-order valence-electron chi connectivity index (χ1n) is 9.07. The van der Waals surface area contributed by atoms with Gasteiger partial charge in [0.25, 0.3) is 5.91 Å². The van der Waals surface area contributed by atoms with Gasteiger partial charge in [-0.05, 0) is 50.5 Å². The van der Waals surface area contributed by atoms with Gasteiger partial charge in [-0.1, -0.05) is 24.3 Å². The highest BCUT2D eigenvalue weighted by Gasteiger charge is 2.23. The monoisotopic (exact) mass is 435 g/mol. The maximum Gasteiger partial charge on any atom is 0.260 e. The first-order valence-corrected chi connectivity index (χ1v) is 11.5. The highest BCUT2D eigenvalue weighted by molar-refractivity contribution is 7.91. The minimum absolute atomic E-state index is 0.00742. The van der Waals surface area contributed by atoms with Crippen LogP contribution in [0.15, 0.2) is 47.4 Å². The second-order valence-corrected chi connectivity index (χ2v) is 10.1. The molecule has 6 nitrogen and oxygen atoms in total. The molecule has 0 saturated heterocycles. The summed E-state index contributed by atoms with van der Waals surface area (Å²) in [6.07, 6.45) is 0. The predicted octanol–water partition coefficient (Wildman–Crippen LogP) is 3.44. The van der Waals surface area contributed by atoms with Gasteiger partial charge in [0.15, 0.2) is 15.0 Å². The van der Waals surface area contributed by atoms with Gasteiger partial charge in [0.2, 0.25) is 0 Å². The van der Waals surface area contributed by atoms with Crippen LogP contribution in [0.1, 0.15) is 17.3 Å². The molecule has 0 aliphatic carbocycles. The van der Waals surface area contributed by atoms with Crippen LogP contribution < -0.4 is 4.90 Å². The van der Waals surface area contributed by atoms with E-state index in [-0.39, 0.29) is 22.1 Å². The third-order valence-corrected chi connectivity index (χ3v) is 7.24. The Morgan fingerprint density at radius 3 is 2.38 bits per heavy atom. The first-order chi connectivity index (χ1) is 13.7. The van der Waals surface area contributed by atoms with Gasteiger partial charge in [0, 0.05) is 18.7 Å². The Bertz CT molecular complexity index is 1130. The van der Waals surface area contributed by atoms with Crippen LogP contribution in [0.25, 0.3) is 10.2 Å². The Hall–Kier alpha value is -2.36. The van der Waals surface area contributed by atoms with E-state index in [2.05, 4.69) is 4.98 Å². The summed E-state index contributed by atoms with van der Waals surface area (Å²) in [5, 5.41) is 0.405. The van der Waals surface area contributed by atoms with Gasteiger partial charge in [0.1, 0.15) is 11.3 Å². The van der Waals surface area contributed by atoms with Crippen molar-refractivity contribution in [1.29, 1.82) is 0 Å². The molecule has 1 amide bonds. The van der Waals surface area contributed by atoms with Crippen molar-refractivity contribution < 1.29 is 17.6 Å². The van der Waals surface area contributed by atoms with Crippen molar-refractivity contribution >= 4 is 42.4 Å². The van der Waals surface area contributed by atoms with Crippen molar-refractivity contribution in [2.24, 2.45) is 0 Å². The lowest BCUT2D eigenvalue weighted by Crippen LogP contribution is -2.36. The van der Waals surface area contributed by atoms with Crippen molar-refractivity contribution in [3.63, 3.8) is 0 Å². The summed E-state index contributed by atoms with van der Waals surface area (Å²) in [4.78, 5) is 21.1. The number of anilines is 1. The zero-order chi connectivity index (χ0) is 21.2. The second-order valence-electron chi connectivity index (χ2n) is 6.77. The molecule has 0 atom stereocenters. The van der Waals surface area contributed by atoms with Gasteiger partial charge in [-0.25, -0.2) is 17.8 Å². The number of aromatic nitrogens is 1. The fourth-order valence-corrected chi connectivity index (χ4v) is 4.62. The number of fused-ring (bicyclic) bond motifs is 1. The number of rotatable bonds is 7. The van der Waals surface area contributed by atoms with Crippen molar-refractivity contribution in [3.8, 4) is 0 Å². The lowest BCUT2D eigenvalue weighted by molar-refractivity contribution is 0.0985. The number of sulfone groups is 1. The number of hydrogen-bond acceptors (Lipinski definition) is 6. The number of nitrogens with zero attached hydrogens (tertiary/aromatic N) is 3. The van der Waals surface area contributed by atoms with Crippen LogP contribution in [0.5, 0.6) is 0 Å². The summed E-state index contributed by atoms with van der Waals surface area (Å²) >= 11 is 1.24. The lowest BCUT2D eigenvalue weighted by Gasteiger charge is -2.22. The van der Waals surface area contributed by atoms with E-state index in [0.717, 1.165) is 0 Å². The van der Waals surface area contributed by atoms with Crippen LogP contribution in [0.4, 0.5) is 9.52 Å². The fourth-order valence-electron chi connectivity index (χ4n) is 2.73. The molecule has 0 unspecified atom stereocenters. The number of likely N-dealkylation sites (N-methyl/N-ethyl adjacent to an activating group) is 1. The van der Waals surface area contributed by atoms with E-state index in [1.54, 1.807) is 19.1 Å². The summed E-state index contributed by atoms with van der Waals surface area (Å²) in [6, 6.07) is 10.6. The molecule has 0 radical (unpaired) electrons. The molecule has 0 N–H and O–H groups in total. The van der Waals surface area contributed by atoms with Gasteiger partial charge in [-0.15, -0.1) is 0 Å². The van der Waals surface area contributed by atoms with Crippen molar-refractivity contribution in [2.45, 2.75) is 11.8 Å². The third kappa shape index (κ3) is 4.63. The largest absolute Gasteiger partial charge is 0.308 e. The van der Waals surface area contributed by atoms with E-state index in [0.29, 0.717) is 28.5 Å². The highest BCUT2D eigenvalue weighted by Crippen LogP contribution is 2.31. The standard InChI is InChI=1S/C20H22FN3O3S2/c1-4-29(26,27)15-10-8-14(9-11-15)19(25)24(13-12-23(2)3)20-22-18-16(21)6-5-7-17(18)28-20/h5-11H,4,12-13H2,1-3H3. The van der Waals surface area contributed by atoms with Gasteiger partial charge in [-0.2, -0.15) is 0 Å². The molecule has 0 spiro atoms. The van der Waals surface area contributed by atoms with Crippen LogP contribution in [0.2, 0.25) is 0 Å². The number of halogens is 1. The maximum absolute atomic E-state index is 14.1. The molecule has 3 aromatic rings. The van der Waals surface area contributed by atoms with Crippen molar-refractivity contribution in [3.05, 3.63) is 53.8 Å². The molecular weight excluding hydrogens is 413 g/mol. The lowest BCUT2D eigenvalue weighted by atomic mass is 10.2. The van der Waals surface area contributed by atoms with Crippen molar-refractivity contribution in [1.82, 2.24) is 9.88 Å². The number of hydrogen-bond donors (Lipinski definition) is 0. The molecule has 0 aliphatic heterocycles. The minimum Gasteiger partial charge on any atom is -0.308 e. The van der Waals surface area contributed by atoms with E-state index in [9.17, 15) is 17.6 Å². The smallest absolute Gasteiger partial charge is 0.260 e. The Balaban J connectivity index is 1.97. The van der Waals surface area contributed by atoms with Crippen LogP contribution in [-0.4, -0.2) is 57.1 Å². The Labute approximate surface area is 173 Å². The average molecular weight is 436 g/mol. The average Bonchev–Trinajstić information content (AvgIpc) is 3.13. The molecule has 9 heteroatoms. The molecule has 1 aromatic heterocycles. The van der Waals surface area contributed by atoms with E-state index in [1.165, 1.54) is 46.6 Å². The quantitative estimate of drug-likeness (QED) is 0.569. The second kappa shape index (κ2) is 8.56. The molecule has 0 bridgehead atoms. The number of thiazole rings is 1. The molecule has 2 aromatic carbocycles. The Kier molecular flexibility index (Phi) is 6.30.